The predicted octanol–water partition coefficient (Wildman–Crippen LogP) is 6.27. The number of hydrogen-bond donors (Lipinski definition) is 1. The highest BCUT2D eigenvalue weighted by Gasteiger charge is 2.39. The largest absolute Gasteiger partial charge is 0.497 e. The number of methoxy groups -OCH3 is 1. The third-order valence-electron chi connectivity index (χ3n) is 5.42. The van der Waals surface area contributed by atoms with Crippen LogP contribution in [0.15, 0.2) is 66.2 Å². The fourth-order valence-corrected chi connectivity index (χ4v) is 3.98. The van der Waals surface area contributed by atoms with Gasteiger partial charge in [-0.05, 0) is 54.1 Å². The van der Waals surface area contributed by atoms with Crippen molar-refractivity contribution in [1.29, 1.82) is 0 Å². The molecule has 0 spiro atoms. The smallest absolute Gasteiger partial charge is 0.416 e. The Morgan fingerprint density at radius 3 is 2.45 bits per heavy atom. The van der Waals surface area contributed by atoms with Crippen molar-refractivity contribution in [3.63, 3.8) is 0 Å². The van der Waals surface area contributed by atoms with Crippen LogP contribution in [0.5, 0.6) is 11.5 Å². The summed E-state index contributed by atoms with van der Waals surface area (Å²) < 4.78 is 50.9. The van der Waals surface area contributed by atoms with E-state index in [4.69, 9.17) is 32.7 Å². The van der Waals surface area contributed by atoms with Gasteiger partial charge >= 0.3 is 12.2 Å². The van der Waals surface area contributed by atoms with Crippen LogP contribution in [0.4, 0.5) is 23.7 Å². The Balaban J connectivity index is 1.73. The number of ether oxygens (including phenoxy) is 2. The van der Waals surface area contributed by atoms with Crippen LogP contribution in [-0.2, 0) is 22.4 Å². The van der Waals surface area contributed by atoms with Gasteiger partial charge in [-0.25, -0.2) is 9.69 Å². The minimum Gasteiger partial charge on any atom is -0.497 e. The third kappa shape index (κ3) is 5.76. The Morgan fingerprint density at radius 1 is 1.00 bits per heavy atom. The number of nitrogens with one attached hydrogen (secondary N) is 1. The van der Waals surface area contributed by atoms with Crippen LogP contribution < -0.4 is 19.7 Å². The zero-order valence-corrected chi connectivity index (χ0v) is 20.9. The maximum atomic E-state index is 13.3. The Morgan fingerprint density at radius 2 is 1.76 bits per heavy atom. The SMILES string of the molecule is COc1ccc(/C=C2/C(=O)NC(=O)N(c3cc(C(F)(F)F)ccc3Cl)C2=O)c(OCc2cccc(Cl)c2)c1. The number of benzene rings is 3. The molecule has 0 bridgehead atoms. The molecular formula is C26H17Cl2F3N2O5. The normalized spacial score (nSPS) is 15.1. The molecule has 7 nitrogen and oxygen atoms in total. The maximum absolute atomic E-state index is 13.3. The average Bonchev–Trinajstić information content (AvgIpc) is 2.86. The summed E-state index contributed by atoms with van der Waals surface area (Å²) in [5, 5.41) is 2.16. The van der Waals surface area contributed by atoms with Gasteiger partial charge in [-0.15, -0.1) is 0 Å². The summed E-state index contributed by atoms with van der Waals surface area (Å²) in [5.41, 5.74) is -1.20. The van der Waals surface area contributed by atoms with Crippen LogP contribution >= 0.6 is 23.2 Å². The summed E-state index contributed by atoms with van der Waals surface area (Å²) in [4.78, 5) is 38.8. The second kappa shape index (κ2) is 10.8. The number of carbonyl (C=O) groups is 3. The number of hydrogen-bond acceptors (Lipinski definition) is 5. The molecule has 1 saturated heterocycles. The summed E-state index contributed by atoms with van der Waals surface area (Å²) in [7, 11) is 1.44. The molecule has 3 aromatic carbocycles. The molecule has 4 amide bonds. The topological polar surface area (TPSA) is 84.9 Å². The number of barbiturate groups is 1. The third-order valence-corrected chi connectivity index (χ3v) is 5.97. The molecule has 196 valence electrons. The van der Waals surface area contributed by atoms with Gasteiger partial charge in [0, 0.05) is 16.7 Å². The van der Waals surface area contributed by atoms with Gasteiger partial charge in [0.05, 0.1) is 23.4 Å². The van der Waals surface area contributed by atoms with E-state index in [9.17, 15) is 27.6 Å². The molecule has 0 atom stereocenters. The molecule has 0 radical (unpaired) electrons. The van der Waals surface area contributed by atoms with E-state index in [-0.39, 0.29) is 22.9 Å². The van der Waals surface area contributed by atoms with E-state index in [1.807, 2.05) is 5.32 Å². The van der Waals surface area contributed by atoms with Crippen LogP contribution in [0.3, 0.4) is 0 Å². The fraction of sp³-hybridized carbons (Fsp3) is 0.115. The number of alkyl halides is 3. The molecule has 4 rings (SSSR count). The molecule has 0 saturated carbocycles. The zero-order chi connectivity index (χ0) is 27.6. The second-order valence-electron chi connectivity index (χ2n) is 7.94. The molecule has 12 heteroatoms. The lowest BCUT2D eigenvalue weighted by Gasteiger charge is -2.27. The van der Waals surface area contributed by atoms with E-state index < -0.39 is 40.8 Å². The van der Waals surface area contributed by atoms with E-state index >= 15 is 0 Å². The van der Waals surface area contributed by atoms with Crippen molar-refractivity contribution in [2.75, 3.05) is 12.0 Å². The second-order valence-corrected chi connectivity index (χ2v) is 8.79. The Labute approximate surface area is 224 Å². The molecule has 1 aliphatic rings. The van der Waals surface area contributed by atoms with Gasteiger partial charge in [0.2, 0.25) is 0 Å². The van der Waals surface area contributed by atoms with Crippen LogP contribution in [0.2, 0.25) is 10.0 Å². The van der Waals surface area contributed by atoms with Crippen molar-refractivity contribution >= 4 is 52.8 Å². The monoisotopic (exact) mass is 564 g/mol. The minimum absolute atomic E-state index is 0.0779. The molecule has 38 heavy (non-hydrogen) atoms. The average molecular weight is 565 g/mol. The molecule has 1 heterocycles. The number of halogens is 5. The highest BCUT2D eigenvalue weighted by atomic mass is 35.5. The quantitative estimate of drug-likeness (QED) is 0.282. The number of anilines is 1. The van der Waals surface area contributed by atoms with Crippen LogP contribution in [0.25, 0.3) is 6.08 Å². The predicted molar refractivity (Wildman–Crippen MR) is 134 cm³/mol. The van der Waals surface area contributed by atoms with Gasteiger partial charge in [-0.1, -0.05) is 35.3 Å². The van der Waals surface area contributed by atoms with E-state index in [1.54, 1.807) is 30.3 Å². The Bertz CT molecular complexity index is 1470. The van der Waals surface area contributed by atoms with Gasteiger partial charge in [0.1, 0.15) is 23.7 Å². The number of nitrogens with zero attached hydrogens (tertiary/aromatic N) is 1. The van der Waals surface area contributed by atoms with Gasteiger partial charge < -0.3 is 9.47 Å². The number of carbonyl (C=O) groups excluding carboxylic acids is 3. The van der Waals surface area contributed by atoms with Gasteiger partial charge in [0.25, 0.3) is 11.8 Å². The van der Waals surface area contributed by atoms with Crippen molar-refractivity contribution < 1.29 is 37.0 Å². The maximum Gasteiger partial charge on any atom is 0.416 e. The van der Waals surface area contributed by atoms with Crippen LogP contribution in [0.1, 0.15) is 16.7 Å². The van der Waals surface area contributed by atoms with Crippen LogP contribution in [0, 0.1) is 0 Å². The highest BCUT2D eigenvalue weighted by Crippen LogP contribution is 2.37. The molecule has 3 aromatic rings. The van der Waals surface area contributed by atoms with E-state index in [2.05, 4.69) is 0 Å². The zero-order valence-electron chi connectivity index (χ0n) is 19.4. The van der Waals surface area contributed by atoms with Crippen LogP contribution in [-0.4, -0.2) is 25.0 Å². The standard InChI is InChI=1S/C26H17Cl2F3N2O5/c1-37-18-7-5-15(22(12-18)38-13-14-3-2-4-17(27)9-14)10-19-23(34)32-25(36)33(24(19)35)21-11-16(26(29,30)31)6-8-20(21)28/h2-12H,13H2,1H3,(H,32,34,36)/b19-10-. The Kier molecular flexibility index (Phi) is 7.66. The van der Waals surface area contributed by atoms with Crippen molar-refractivity contribution in [3.05, 3.63) is 93.0 Å². The summed E-state index contributed by atoms with van der Waals surface area (Å²) in [6, 6.07) is 12.4. The molecule has 1 fully saturated rings. The first-order chi connectivity index (χ1) is 18.0. The first-order valence-electron chi connectivity index (χ1n) is 10.8. The first kappa shape index (κ1) is 27.0. The number of imide groups is 2. The summed E-state index contributed by atoms with van der Waals surface area (Å²) in [5.74, 6) is -1.58. The van der Waals surface area contributed by atoms with Gasteiger partial charge in [-0.2, -0.15) is 13.2 Å². The molecule has 1 N–H and O–H groups in total. The molecular weight excluding hydrogens is 548 g/mol. The number of urea groups is 1. The summed E-state index contributed by atoms with van der Waals surface area (Å²) in [6.07, 6.45) is -3.60. The fourth-order valence-electron chi connectivity index (χ4n) is 3.57. The van der Waals surface area contributed by atoms with Crippen molar-refractivity contribution in [2.45, 2.75) is 12.8 Å². The molecule has 0 unspecified atom stereocenters. The van der Waals surface area contributed by atoms with E-state index in [1.165, 1.54) is 19.2 Å². The van der Waals surface area contributed by atoms with Crippen molar-refractivity contribution in [3.8, 4) is 11.5 Å². The summed E-state index contributed by atoms with van der Waals surface area (Å²) in [6.45, 7) is 0.0779. The van der Waals surface area contributed by atoms with E-state index in [0.29, 0.717) is 27.8 Å². The van der Waals surface area contributed by atoms with Gasteiger partial charge in [-0.3, -0.25) is 14.9 Å². The lowest BCUT2D eigenvalue weighted by atomic mass is 10.0. The first-order valence-corrected chi connectivity index (χ1v) is 11.6. The highest BCUT2D eigenvalue weighted by molar-refractivity contribution is 6.42. The Hall–Kier alpha value is -4.02. The molecule has 1 aliphatic heterocycles. The minimum atomic E-state index is -4.76. The molecule has 0 aromatic heterocycles. The van der Waals surface area contributed by atoms with Crippen molar-refractivity contribution in [2.24, 2.45) is 0 Å². The molecule has 0 aliphatic carbocycles. The van der Waals surface area contributed by atoms with E-state index in [0.717, 1.165) is 17.7 Å². The lowest BCUT2D eigenvalue weighted by molar-refractivity contribution is -0.137. The van der Waals surface area contributed by atoms with Crippen molar-refractivity contribution in [1.82, 2.24) is 5.32 Å². The number of rotatable bonds is 6. The summed E-state index contributed by atoms with van der Waals surface area (Å²) >= 11 is 12.1. The number of amides is 4. The van der Waals surface area contributed by atoms with Gasteiger partial charge in [0.15, 0.2) is 0 Å². The lowest BCUT2D eigenvalue weighted by Crippen LogP contribution is -2.54.